The summed E-state index contributed by atoms with van der Waals surface area (Å²) in [5.41, 5.74) is 9.98. The van der Waals surface area contributed by atoms with Crippen LogP contribution in [0.5, 0.6) is 0 Å². The van der Waals surface area contributed by atoms with Crippen LogP contribution in [0, 0.1) is 22.9 Å². The molecule has 5 aromatic rings. The van der Waals surface area contributed by atoms with Gasteiger partial charge >= 0.3 is 0 Å². The average molecular weight is 643 g/mol. The van der Waals surface area contributed by atoms with E-state index in [1.165, 1.54) is 21.5 Å². The van der Waals surface area contributed by atoms with Crippen molar-refractivity contribution in [2.45, 2.75) is 103 Å². The Kier molecular flexibility index (Phi) is 9.61. The van der Waals surface area contributed by atoms with E-state index in [-0.39, 0.29) is 0 Å². The normalized spacial score (nSPS) is 13.9. The molecule has 0 fully saturated rings. The van der Waals surface area contributed by atoms with Gasteiger partial charge in [-0.1, -0.05) is 116 Å². The number of rotatable bonds is 6. The van der Waals surface area contributed by atoms with E-state index in [4.69, 9.17) is 0 Å². The van der Waals surface area contributed by atoms with Crippen molar-refractivity contribution in [3.63, 3.8) is 0 Å². The Labute approximate surface area is 278 Å². The monoisotopic (exact) mass is 642 g/mol. The lowest BCUT2D eigenvalue weighted by molar-refractivity contribution is 0.259. The lowest BCUT2D eigenvalue weighted by Crippen LogP contribution is -2.50. The summed E-state index contributed by atoms with van der Waals surface area (Å²) >= 11 is 0. The molecule has 0 heterocycles. The number of hydrogen-bond acceptors (Lipinski definition) is 2. The Balaban J connectivity index is 2.02. The van der Waals surface area contributed by atoms with Gasteiger partial charge in [-0.05, 0) is 103 Å². The van der Waals surface area contributed by atoms with Crippen molar-refractivity contribution >= 4 is 59.2 Å². The van der Waals surface area contributed by atoms with E-state index in [0.717, 1.165) is 32.7 Å². The molecule has 5 rings (SSSR count). The van der Waals surface area contributed by atoms with E-state index in [1.807, 2.05) is 13.8 Å². The van der Waals surface area contributed by atoms with Crippen molar-refractivity contribution in [1.29, 1.82) is 0 Å². The minimum atomic E-state index is -2.44. The number of fused-ring (bicyclic) bond motifs is 4. The standard InChI is InChI=1S/C42H50O2Si2/c1-27(2)45(28(3)4,31(9)43)21-19-37-39-23-33-15-11-13-17-35(33)25-41(39)38(20-22-46(29(5)6,30(7)8)32(10)44)42-26-36-18-14-12-16-34(36)24-40(37)42/h11-18,23-32,43-44H,1-10H3. The molecule has 0 saturated heterocycles. The first-order valence-corrected chi connectivity index (χ1v) is 21.5. The van der Waals surface area contributed by atoms with E-state index in [1.54, 1.807) is 0 Å². The third-order valence-electron chi connectivity index (χ3n) is 10.9. The zero-order valence-corrected chi connectivity index (χ0v) is 31.3. The highest BCUT2D eigenvalue weighted by atomic mass is 28.3. The Hall–Kier alpha value is -3.39. The van der Waals surface area contributed by atoms with Crippen LogP contribution < -0.4 is 0 Å². The summed E-state index contributed by atoms with van der Waals surface area (Å²) in [5.74, 6) is 7.54. The van der Waals surface area contributed by atoms with Crippen molar-refractivity contribution in [2.75, 3.05) is 0 Å². The van der Waals surface area contributed by atoms with Gasteiger partial charge < -0.3 is 10.2 Å². The van der Waals surface area contributed by atoms with Crippen LogP contribution in [-0.4, -0.2) is 37.8 Å². The molecule has 0 spiro atoms. The van der Waals surface area contributed by atoms with E-state index >= 15 is 0 Å². The van der Waals surface area contributed by atoms with E-state index in [9.17, 15) is 10.2 Å². The predicted octanol–water partition coefficient (Wildman–Crippen LogP) is 10.5. The molecule has 0 aliphatic heterocycles. The lowest BCUT2D eigenvalue weighted by atomic mass is 9.89. The first-order chi connectivity index (χ1) is 21.7. The molecule has 0 radical (unpaired) electrons. The molecular formula is C42H50O2Si2. The van der Waals surface area contributed by atoms with Crippen molar-refractivity contribution in [2.24, 2.45) is 0 Å². The largest absolute Gasteiger partial charge is 0.396 e. The molecule has 0 aliphatic rings. The SMILES string of the molecule is CC(C)[Si](C#Cc1c2cc3ccccc3cc2c(C#C[Si](C(C)C)(C(C)C)C(C)O)c2cc3ccccc3cc12)(C(C)C)C(C)O. The third kappa shape index (κ3) is 5.61. The molecule has 5 aromatic carbocycles. The average Bonchev–Trinajstić information content (AvgIpc) is 2.99. The number of aliphatic hydroxyl groups excluding tert-OH is 2. The van der Waals surface area contributed by atoms with Gasteiger partial charge in [-0.2, -0.15) is 0 Å². The van der Waals surface area contributed by atoms with Gasteiger partial charge in [-0.3, -0.25) is 0 Å². The van der Waals surface area contributed by atoms with Gasteiger partial charge in [0.25, 0.3) is 0 Å². The maximum absolute atomic E-state index is 11.2. The number of aliphatic hydroxyl groups is 2. The van der Waals surface area contributed by atoms with E-state index in [2.05, 4.69) is 151 Å². The first-order valence-electron chi connectivity index (χ1n) is 17.0. The molecule has 0 amide bonds. The fourth-order valence-electron chi connectivity index (χ4n) is 8.26. The van der Waals surface area contributed by atoms with Crippen molar-refractivity contribution in [1.82, 2.24) is 0 Å². The first kappa shape index (κ1) is 34.0. The maximum Gasteiger partial charge on any atom is 0.173 e. The lowest BCUT2D eigenvalue weighted by Gasteiger charge is -2.36. The summed E-state index contributed by atoms with van der Waals surface area (Å²) in [6, 6.07) is 26.2. The van der Waals surface area contributed by atoms with Crippen LogP contribution >= 0.6 is 0 Å². The van der Waals surface area contributed by atoms with Gasteiger partial charge in [0.05, 0.1) is 11.5 Å². The molecule has 2 atom stereocenters. The molecule has 46 heavy (non-hydrogen) atoms. The second-order valence-corrected chi connectivity index (χ2v) is 25.1. The van der Waals surface area contributed by atoms with E-state index < -0.39 is 27.6 Å². The number of hydrogen-bond donors (Lipinski definition) is 2. The smallest absolute Gasteiger partial charge is 0.173 e. The van der Waals surface area contributed by atoms with Gasteiger partial charge in [0, 0.05) is 11.1 Å². The van der Waals surface area contributed by atoms with Gasteiger partial charge in [0.15, 0.2) is 16.1 Å². The van der Waals surface area contributed by atoms with Crippen LogP contribution in [0.1, 0.15) is 80.4 Å². The topological polar surface area (TPSA) is 40.5 Å². The zero-order valence-electron chi connectivity index (χ0n) is 29.3. The molecule has 2 nitrogen and oxygen atoms in total. The van der Waals surface area contributed by atoms with Gasteiger partial charge in [-0.15, -0.1) is 11.1 Å². The molecule has 238 valence electrons. The van der Waals surface area contributed by atoms with Gasteiger partial charge in [0.2, 0.25) is 0 Å². The van der Waals surface area contributed by atoms with Crippen LogP contribution in [0.2, 0.25) is 22.2 Å². The van der Waals surface area contributed by atoms with Crippen LogP contribution in [0.15, 0.2) is 72.8 Å². The summed E-state index contributed by atoms with van der Waals surface area (Å²) in [7, 11) is -4.88. The predicted molar refractivity (Wildman–Crippen MR) is 205 cm³/mol. The molecular weight excluding hydrogens is 593 g/mol. The maximum atomic E-state index is 11.2. The summed E-state index contributed by atoms with van der Waals surface area (Å²) in [5, 5.41) is 31.5. The van der Waals surface area contributed by atoms with E-state index in [0.29, 0.717) is 22.2 Å². The highest BCUT2D eigenvalue weighted by Crippen LogP contribution is 2.40. The fraction of sp³-hybridized carbons (Fsp3) is 0.381. The molecule has 0 bridgehead atoms. The van der Waals surface area contributed by atoms with Crippen molar-refractivity contribution in [3.05, 3.63) is 83.9 Å². The summed E-state index contributed by atoms with van der Waals surface area (Å²) in [6.45, 7) is 21.7. The van der Waals surface area contributed by atoms with Crippen LogP contribution in [0.3, 0.4) is 0 Å². The Bertz CT molecular complexity index is 1760. The number of benzene rings is 5. The summed E-state index contributed by atoms with van der Waals surface area (Å²) < 4.78 is 0. The second-order valence-electron chi connectivity index (χ2n) is 14.6. The fourth-order valence-corrected chi connectivity index (χ4v) is 17.0. The molecule has 2 N–H and O–H groups in total. The Morgan fingerprint density at radius 2 is 0.674 bits per heavy atom. The Morgan fingerprint density at radius 3 is 0.870 bits per heavy atom. The van der Waals surface area contributed by atoms with Gasteiger partial charge in [-0.25, -0.2) is 0 Å². The highest BCUT2D eigenvalue weighted by Gasteiger charge is 2.44. The molecule has 0 saturated carbocycles. The summed E-state index contributed by atoms with van der Waals surface area (Å²) in [4.78, 5) is 0. The minimum absolute atomic E-state index is 0.301. The van der Waals surface area contributed by atoms with Crippen LogP contribution in [0.25, 0.3) is 43.1 Å². The van der Waals surface area contributed by atoms with Crippen molar-refractivity contribution in [3.8, 4) is 22.9 Å². The quantitative estimate of drug-likeness (QED) is 0.110. The molecule has 0 aromatic heterocycles. The Morgan fingerprint density at radius 1 is 0.435 bits per heavy atom. The van der Waals surface area contributed by atoms with Gasteiger partial charge in [0.1, 0.15) is 0 Å². The van der Waals surface area contributed by atoms with Crippen molar-refractivity contribution < 1.29 is 10.2 Å². The molecule has 4 heteroatoms. The zero-order chi connectivity index (χ0) is 33.6. The summed E-state index contributed by atoms with van der Waals surface area (Å²) in [6.07, 6.45) is 0. The van der Waals surface area contributed by atoms with Crippen LogP contribution in [0.4, 0.5) is 0 Å². The third-order valence-corrected chi connectivity index (χ3v) is 22.4. The minimum Gasteiger partial charge on any atom is -0.396 e. The highest BCUT2D eigenvalue weighted by molar-refractivity contribution is 6.91. The van der Waals surface area contributed by atoms with Crippen LogP contribution in [-0.2, 0) is 0 Å². The molecule has 2 unspecified atom stereocenters. The second kappa shape index (κ2) is 13.0. The molecule has 0 aliphatic carbocycles.